The molecule has 1 saturated carbocycles. The molecule has 23 heavy (non-hydrogen) atoms. The van der Waals surface area contributed by atoms with E-state index in [1.165, 1.54) is 18.7 Å². The topological polar surface area (TPSA) is 85.1 Å². The van der Waals surface area contributed by atoms with Crippen LogP contribution in [-0.4, -0.2) is 27.1 Å². The van der Waals surface area contributed by atoms with Gasteiger partial charge >= 0.3 is 0 Å². The number of amides is 1. The number of carbonyl (C=O) groups excluding carboxylic acids is 2. The Balaban J connectivity index is 1.64. The Morgan fingerprint density at radius 2 is 2.04 bits per heavy atom. The standard InChI is InChI=1S/C16H17N3O3S/c1-9(20)12-5-3-4-6-13(12)17-14(21)10(2)23-16-19-18-15(22-16)11-7-8-11/h3-6,10-11H,7-8H2,1-2H3,(H,17,21)/t10-/m1/s1. The van der Waals surface area contributed by atoms with Gasteiger partial charge in [-0.05, 0) is 38.8 Å². The van der Waals surface area contributed by atoms with Crippen LogP contribution in [0.5, 0.6) is 0 Å². The van der Waals surface area contributed by atoms with Crippen molar-refractivity contribution in [1.82, 2.24) is 10.2 Å². The third-order valence-corrected chi connectivity index (χ3v) is 4.49. The normalized spacial score (nSPS) is 15.2. The van der Waals surface area contributed by atoms with Gasteiger partial charge in [-0.25, -0.2) is 0 Å². The number of carbonyl (C=O) groups is 2. The molecule has 1 aromatic carbocycles. The molecule has 1 N–H and O–H groups in total. The predicted molar refractivity (Wildman–Crippen MR) is 86.7 cm³/mol. The van der Waals surface area contributed by atoms with Gasteiger partial charge < -0.3 is 9.73 Å². The van der Waals surface area contributed by atoms with Gasteiger partial charge in [-0.15, -0.1) is 10.2 Å². The fourth-order valence-electron chi connectivity index (χ4n) is 2.10. The number of nitrogens with zero attached hydrogens (tertiary/aromatic N) is 2. The van der Waals surface area contributed by atoms with E-state index in [1.807, 2.05) is 0 Å². The van der Waals surface area contributed by atoms with E-state index >= 15 is 0 Å². The molecular formula is C16H17N3O3S. The Bertz CT molecular complexity index is 740. The van der Waals surface area contributed by atoms with E-state index in [1.54, 1.807) is 31.2 Å². The zero-order chi connectivity index (χ0) is 16.4. The number of para-hydroxylation sites is 1. The molecule has 0 aliphatic heterocycles. The van der Waals surface area contributed by atoms with Gasteiger partial charge in [0.05, 0.1) is 10.9 Å². The molecule has 0 radical (unpaired) electrons. The van der Waals surface area contributed by atoms with Gasteiger partial charge in [-0.2, -0.15) is 0 Å². The molecule has 0 spiro atoms. The first-order valence-electron chi connectivity index (χ1n) is 7.45. The van der Waals surface area contributed by atoms with Gasteiger partial charge in [0.2, 0.25) is 11.8 Å². The predicted octanol–water partition coefficient (Wildman–Crippen LogP) is 3.27. The van der Waals surface area contributed by atoms with Crippen molar-refractivity contribution < 1.29 is 14.0 Å². The molecule has 0 bridgehead atoms. The van der Waals surface area contributed by atoms with E-state index in [2.05, 4.69) is 15.5 Å². The molecule has 1 amide bonds. The van der Waals surface area contributed by atoms with E-state index in [4.69, 9.17) is 4.42 Å². The summed E-state index contributed by atoms with van der Waals surface area (Å²) >= 11 is 1.21. The van der Waals surface area contributed by atoms with Crippen LogP contribution < -0.4 is 5.32 Å². The molecule has 1 aliphatic rings. The largest absolute Gasteiger partial charge is 0.416 e. The molecule has 0 saturated heterocycles. The van der Waals surface area contributed by atoms with Gasteiger partial charge in [0.15, 0.2) is 5.78 Å². The highest BCUT2D eigenvalue weighted by Gasteiger charge is 2.30. The van der Waals surface area contributed by atoms with Crippen LogP contribution >= 0.6 is 11.8 Å². The summed E-state index contributed by atoms with van der Waals surface area (Å²) < 4.78 is 5.55. The summed E-state index contributed by atoms with van der Waals surface area (Å²) in [6.45, 7) is 3.23. The van der Waals surface area contributed by atoms with Crippen molar-refractivity contribution in [3.8, 4) is 0 Å². The maximum atomic E-state index is 12.3. The molecule has 7 heteroatoms. The fourth-order valence-corrected chi connectivity index (χ4v) is 2.79. The lowest BCUT2D eigenvalue weighted by molar-refractivity contribution is -0.115. The number of hydrogen-bond donors (Lipinski definition) is 1. The van der Waals surface area contributed by atoms with Gasteiger partial charge in [0.25, 0.3) is 5.22 Å². The molecule has 1 aromatic heterocycles. The molecule has 0 unspecified atom stereocenters. The summed E-state index contributed by atoms with van der Waals surface area (Å²) in [5, 5.41) is 10.7. The summed E-state index contributed by atoms with van der Waals surface area (Å²) in [4.78, 5) is 23.9. The lowest BCUT2D eigenvalue weighted by atomic mass is 10.1. The Labute approximate surface area is 138 Å². The average Bonchev–Trinajstić information content (AvgIpc) is 3.28. The Morgan fingerprint density at radius 1 is 1.30 bits per heavy atom. The van der Waals surface area contributed by atoms with Crippen LogP contribution in [-0.2, 0) is 4.79 Å². The second kappa shape index (κ2) is 6.54. The van der Waals surface area contributed by atoms with Crippen LogP contribution in [0.3, 0.4) is 0 Å². The highest BCUT2D eigenvalue weighted by molar-refractivity contribution is 8.00. The molecule has 3 rings (SSSR count). The lowest BCUT2D eigenvalue weighted by Gasteiger charge is -2.12. The van der Waals surface area contributed by atoms with Crippen LogP contribution in [0, 0.1) is 0 Å². The zero-order valence-corrected chi connectivity index (χ0v) is 13.7. The highest BCUT2D eigenvalue weighted by atomic mass is 32.2. The molecule has 2 aromatic rings. The minimum atomic E-state index is -0.414. The molecule has 1 fully saturated rings. The van der Waals surface area contributed by atoms with Crippen molar-refractivity contribution in [2.45, 2.75) is 43.1 Å². The highest BCUT2D eigenvalue weighted by Crippen LogP contribution is 2.40. The van der Waals surface area contributed by atoms with E-state index < -0.39 is 5.25 Å². The third kappa shape index (κ3) is 3.79. The Morgan fingerprint density at radius 3 is 2.74 bits per heavy atom. The third-order valence-electron chi connectivity index (χ3n) is 3.56. The van der Waals surface area contributed by atoms with Crippen molar-refractivity contribution in [2.24, 2.45) is 0 Å². The molecule has 1 aliphatic carbocycles. The fraction of sp³-hybridized carbons (Fsp3) is 0.375. The average molecular weight is 331 g/mol. The number of ketones is 1. The SMILES string of the molecule is CC(=O)c1ccccc1NC(=O)[C@@H](C)Sc1nnc(C2CC2)o1. The van der Waals surface area contributed by atoms with Crippen molar-refractivity contribution in [1.29, 1.82) is 0 Å². The van der Waals surface area contributed by atoms with Gasteiger partial charge in [-0.1, -0.05) is 23.9 Å². The minimum Gasteiger partial charge on any atom is -0.416 e. The Kier molecular flexibility index (Phi) is 4.47. The lowest BCUT2D eigenvalue weighted by Crippen LogP contribution is -2.23. The van der Waals surface area contributed by atoms with Crippen LogP contribution in [0.2, 0.25) is 0 Å². The summed E-state index contributed by atoms with van der Waals surface area (Å²) in [5.41, 5.74) is 1.01. The van der Waals surface area contributed by atoms with Crippen molar-refractivity contribution in [2.75, 3.05) is 5.32 Å². The zero-order valence-electron chi connectivity index (χ0n) is 12.9. The number of anilines is 1. The van der Waals surface area contributed by atoms with Crippen molar-refractivity contribution in [3.05, 3.63) is 35.7 Å². The number of hydrogen-bond acceptors (Lipinski definition) is 6. The van der Waals surface area contributed by atoms with E-state index in [9.17, 15) is 9.59 Å². The van der Waals surface area contributed by atoms with Gasteiger partial charge in [0, 0.05) is 11.5 Å². The van der Waals surface area contributed by atoms with Crippen LogP contribution in [0.25, 0.3) is 0 Å². The first kappa shape index (κ1) is 15.7. The summed E-state index contributed by atoms with van der Waals surface area (Å²) in [5.74, 6) is 0.743. The molecule has 6 nitrogen and oxygen atoms in total. The number of thioether (sulfide) groups is 1. The van der Waals surface area contributed by atoms with E-state index in [0.717, 1.165) is 12.8 Å². The van der Waals surface area contributed by atoms with Crippen LogP contribution in [0.1, 0.15) is 48.9 Å². The van der Waals surface area contributed by atoms with Crippen molar-refractivity contribution in [3.63, 3.8) is 0 Å². The molecular weight excluding hydrogens is 314 g/mol. The number of nitrogens with one attached hydrogen (secondary N) is 1. The quantitative estimate of drug-likeness (QED) is 0.646. The number of aromatic nitrogens is 2. The summed E-state index contributed by atoms with van der Waals surface area (Å²) in [7, 11) is 0. The first-order chi connectivity index (χ1) is 11.0. The van der Waals surface area contributed by atoms with E-state index in [-0.39, 0.29) is 11.7 Å². The maximum absolute atomic E-state index is 12.3. The first-order valence-corrected chi connectivity index (χ1v) is 8.33. The summed E-state index contributed by atoms with van der Waals surface area (Å²) in [6.07, 6.45) is 2.17. The van der Waals surface area contributed by atoms with E-state index in [0.29, 0.717) is 28.3 Å². The van der Waals surface area contributed by atoms with Crippen LogP contribution in [0.4, 0.5) is 5.69 Å². The molecule has 1 heterocycles. The minimum absolute atomic E-state index is 0.0906. The smallest absolute Gasteiger partial charge is 0.277 e. The number of rotatable bonds is 6. The van der Waals surface area contributed by atoms with Gasteiger partial charge in [0.1, 0.15) is 0 Å². The van der Waals surface area contributed by atoms with Crippen LogP contribution in [0.15, 0.2) is 33.9 Å². The number of benzene rings is 1. The van der Waals surface area contributed by atoms with Crippen molar-refractivity contribution >= 4 is 29.1 Å². The second-order valence-electron chi connectivity index (χ2n) is 5.53. The second-order valence-corrected chi connectivity index (χ2v) is 6.82. The maximum Gasteiger partial charge on any atom is 0.277 e. The van der Waals surface area contributed by atoms with Gasteiger partial charge in [-0.3, -0.25) is 9.59 Å². The summed E-state index contributed by atoms with van der Waals surface area (Å²) in [6, 6.07) is 6.95. The monoisotopic (exact) mass is 331 g/mol. The molecule has 120 valence electrons. The number of Topliss-reactive ketones (excluding diaryl/α,β-unsaturated/α-hetero) is 1. The molecule has 1 atom stereocenters. The Hall–Kier alpha value is -2.15.